The molecule has 2 atom stereocenters. The quantitative estimate of drug-likeness (QED) is 0.382. The van der Waals surface area contributed by atoms with E-state index in [1.807, 2.05) is 69.5 Å². The number of carbonyl (C=O) groups is 1. The Morgan fingerprint density at radius 1 is 1.14 bits per heavy atom. The molecule has 0 fully saturated rings. The molecule has 1 amide bonds. The first kappa shape index (κ1) is 26.2. The molecule has 0 bridgehead atoms. The van der Waals surface area contributed by atoms with Gasteiger partial charge in [0, 0.05) is 29.0 Å². The monoisotopic (exact) mass is 518 g/mol. The summed E-state index contributed by atoms with van der Waals surface area (Å²) in [6.07, 6.45) is 4.83. The number of aliphatic imine (C=N–C) groups is 2. The molecule has 0 radical (unpaired) electrons. The number of oxazole rings is 1. The van der Waals surface area contributed by atoms with Crippen LogP contribution in [0.1, 0.15) is 45.7 Å². The number of rotatable bonds is 6. The van der Waals surface area contributed by atoms with Crippen LogP contribution in [0.15, 0.2) is 85.9 Å². The first-order valence-electron chi connectivity index (χ1n) is 12.5. The summed E-state index contributed by atoms with van der Waals surface area (Å²) in [5, 5.41) is 9.81. The number of anilines is 1. The van der Waals surface area contributed by atoms with Crippen molar-refractivity contribution in [1.82, 2.24) is 15.6 Å². The molecule has 3 aromatic rings. The maximum absolute atomic E-state index is 13.3. The van der Waals surface area contributed by atoms with Crippen LogP contribution in [-0.4, -0.2) is 35.7 Å². The van der Waals surface area contributed by atoms with Crippen LogP contribution in [0.5, 0.6) is 0 Å². The van der Waals surface area contributed by atoms with E-state index in [-0.39, 0.29) is 11.9 Å². The van der Waals surface area contributed by atoms with Crippen LogP contribution in [0.25, 0.3) is 11.1 Å². The molecule has 0 saturated carbocycles. The van der Waals surface area contributed by atoms with E-state index >= 15 is 0 Å². The van der Waals surface area contributed by atoms with Gasteiger partial charge in [-0.1, -0.05) is 68.8 Å². The molecule has 2 aromatic carbocycles. The van der Waals surface area contributed by atoms with E-state index < -0.39 is 6.04 Å². The fourth-order valence-electron chi connectivity index (χ4n) is 4.11. The maximum Gasteiger partial charge on any atom is 0.302 e. The van der Waals surface area contributed by atoms with Crippen LogP contribution >= 0.6 is 11.6 Å². The molecule has 0 aliphatic carbocycles. The third kappa shape index (κ3) is 5.91. The largest absolute Gasteiger partial charge is 0.423 e. The molecule has 0 saturated heterocycles. The molecule has 8 nitrogen and oxygen atoms in total. The maximum atomic E-state index is 13.3. The van der Waals surface area contributed by atoms with E-state index in [0.29, 0.717) is 40.4 Å². The van der Waals surface area contributed by atoms with Crippen molar-refractivity contribution in [2.45, 2.75) is 46.2 Å². The Hall–Kier alpha value is -3.91. The number of halogens is 1. The number of fused-ring (bicyclic) bond motifs is 1. The molecule has 0 spiro atoms. The summed E-state index contributed by atoms with van der Waals surface area (Å²) in [5.74, 6) is 0.186. The van der Waals surface area contributed by atoms with Gasteiger partial charge in [-0.15, -0.1) is 0 Å². The van der Waals surface area contributed by atoms with Crippen molar-refractivity contribution >= 4 is 46.8 Å². The first-order valence-corrected chi connectivity index (χ1v) is 12.8. The number of hydrogen-bond donors (Lipinski definition) is 3. The zero-order valence-electron chi connectivity index (χ0n) is 21.4. The highest BCUT2D eigenvalue weighted by Crippen LogP contribution is 2.35. The van der Waals surface area contributed by atoms with Gasteiger partial charge in [-0.2, -0.15) is 4.98 Å². The molecular formula is C28H31ClN6O2. The average molecular weight is 519 g/mol. The number of carbonyl (C=O) groups excluding carboxylic acids is 1. The lowest BCUT2D eigenvalue weighted by atomic mass is 9.95. The minimum atomic E-state index is -0.619. The van der Waals surface area contributed by atoms with Gasteiger partial charge in [0.1, 0.15) is 11.6 Å². The van der Waals surface area contributed by atoms with Crippen molar-refractivity contribution in [2.24, 2.45) is 9.98 Å². The van der Waals surface area contributed by atoms with Gasteiger partial charge in [0.05, 0.1) is 11.6 Å². The zero-order valence-corrected chi connectivity index (χ0v) is 22.1. The van der Waals surface area contributed by atoms with Gasteiger partial charge in [0.15, 0.2) is 5.58 Å². The van der Waals surface area contributed by atoms with Gasteiger partial charge >= 0.3 is 6.01 Å². The highest BCUT2D eigenvalue weighted by Gasteiger charge is 2.31. The number of para-hydroxylation sites is 2. The highest BCUT2D eigenvalue weighted by atomic mass is 35.5. The van der Waals surface area contributed by atoms with Crippen molar-refractivity contribution in [3.63, 3.8) is 0 Å². The molecule has 2 aliphatic rings. The molecule has 3 N–H and O–H groups in total. The summed E-state index contributed by atoms with van der Waals surface area (Å²) in [7, 11) is 0. The second kappa shape index (κ2) is 11.9. The Bertz CT molecular complexity index is 1370. The molecule has 1 aromatic heterocycles. The number of hydrogen-bond acceptors (Lipinski definition) is 7. The molecule has 2 unspecified atom stereocenters. The molecule has 37 heavy (non-hydrogen) atoms. The number of allylic oxidation sites excluding steroid dienone is 1. The van der Waals surface area contributed by atoms with Crippen molar-refractivity contribution in [3.05, 3.63) is 82.0 Å². The van der Waals surface area contributed by atoms with Gasteiger partial charge in [0.25, 0.3) is 5.91 Å². The summed E-state index contributed by atoms with van der Waals surface area (Å²) >= 11 is 6.53. The van der Waals surface area contributed by atoms with E-state index in [2.05, 4.69) is 38.9 Å². The first-order chi connectivity index (χ1) is 18.0. The Kier molecular flexibility index (Phi) is 8.40. The number of nitrogens with zero attached hydrogens (tertiary/aromatic N) is 3. The molecule has 9 heteroatoms. The standard InChI is InChI=1S/C26H25ClN6O2.C2H6/c1-3-17-12-16(13-28-17)14-29-24(34)22-15(2)30-25(32-23(22)18-8-4-5-9-19(18)27)33-26-31-20-10-6-7-11-21(20)35-26;1-2/h4-13,17,23H,3,14H2,1-2H3,(H,29,34)(H2,30,31,32,33);1-2H3. The summed E-state index contributed by atoms with van der Waals surface area (Å²) < 4.78 is 5.78. The molecular weight excluding hydrogens is 488 g/mol. The molecule has 2 aliphatic heterocycles. The van der Waals surface area contributed by atoms with Gasteiger partial charge in [-0.3, -0.25) is 15.1 Å². The van der Waals surface area contributed by atoms with Crippen LogP contribution in [-0.2, 0) is 4.79 Å². The molecule has 3 heterocycles. The number of nitrogens with one attached hydrogen (secondary N) is 3. The molecule has 192 valence electrons. The van der Waals surface area contributed by atoms with Crippen LogP contribution in [0.2, 0.25) is 5.02 Å². The number of aromatic nitrogens is 1. The third-order valence-electron chi connectivity index (χ3n) is 5.91. The third-order valence-corrected chi connectivity index (χ3v) is 6.26. The highest BCUT2D eigenvalue weighted by molar-refractivity contribution is 6.31. The number of guanidine groups is 1. The summed E-state index contributed by atoms with van der Waals surface area (Å²) in [6, 6.07) is 14.7. The predicted molar refractivity (Wildman–Crippen MR) is 150 cm³/mol. The SMILES string of the molecule is CC.CCC1C=C(CNC(=O)C2=C(C)NC(Nc3nc4ccccc4o3)=NC2c2ccccc2Cl)C=N1. The Morgan fingerprint density at radius 2 is 1.89 bits per heavy atom. The fraction of sp³-hybridized carbons (Fsp3) is 0.286. The lowest BCUT2D eigenvalue weighted by molar-refractivity contribution is -0.117. The fourth-order valence-corrected chi connectivity index (χ4v) is 4.35. The molecule has 5 rings (SSSR count). The second-order valence-corrected chi connectivity index (χ2v) is 8.76. The van der Waals surface area contributed by atoms with Crippen LogP contribution in [0.3, 0.4) is 0 Å². The van der Waals surface area contributed by atoms with Crippen molar-refractivity contribution < 1.29 is 9.21 Å². The zero-order chi connectivity index (χ0) is 26.4. The van der Waals surface area contributed by atoms with Gasteiger partial charge in [0.2, 0.25) is 5.96 Å². The summed E-state index contributed by atoms with van der Waals surface area (Å²) in [5.41, 5.74) is 4.26. The van der Waals surface area contributed by atoms with E-state index in [1.165, 1.54) is 0 Å². The lowest BCUT2D eigenvalue weighted by Crippen LogP contribution is -2.39. The number of amides is 1. The van der Waals surface area contributed by atoms with Crippen molar-refractivity contribution in [3.8, 4) is 0 Å². The Labute approximate surface area is 221 Å². The normalized spacial score (nSPS) is 18.5. The Balaban J connectivity index is 0.00000156. The minimum absolute atomic E-state index is 0.181. The van der Waals surface area contributed by atoms with Gasteiger partial charge in [-0.25, -0.2) is 4.99 Å². The van der Waals surface area contributed by atoms with E-state index in [0.717, 1.165) is 23.1 Å². The Morgan fingerprint density at radius 3 is 2.62 bits per heavy atom. The lowest BCUT2D eigenvalue weighted by Gasteiger charge is -2.27. The van der Waals surface area contributed by atoms with E-state index in [9.17, 15) is 4.79 Å². The second-order valence-electron chi connectivity index (χ2n) is 8.36. The summed E-state index contributed by atoms with van der Waals surface area (Å²) in [6.45, 7) is 8.31. The van der Waals surface area contributed by atoms with Crippen LogP contribution < -0.4 is 16.0 Å². The van der Waals surface area contributed by atoms with Crippen molar-refractivity contribution in [1.29, 1.82) is 0 Å². The van der Waals surface area contributed by atoms with Crippen LogP contribution in [0.4, 0.5) is 6.01 Å². The topological polar surface area (TPSA) is 104 Å². The van der Waals surface area contributed by atoms with Crippen LogP contribution in [0, 0.1) is 0 Å². The average Bonchev–Trinajstić information content (AvgIpc) is 3.54. The smallest absolute Gasteiger partial charge is 0.302 e. The van der Waals surface area contributed by atoms with Gasteiger partial charge < -0.3 is 15.1 Å². The van der Waals surface area contributed by atoms with Gasteiger partial charge in [-0.05, 0) is 37.1 Å². The van der Waals surface area contributed by atoms with E-state index in [1.54, 1.807) is 6.07 Å². The summed E-state index contributed by atoms with van der Waals surface area (Å²) in [4.78, 5) is 27.0. The number of benzene rings is 2. The van der Waals surface area contributed by atoms with E-state index in [4.69, 9.17) is 21.0 Å². The van der Waals surface area contributed by atoms with Crippen molar-refractivity contribution in [2.75, 3.05) is 11.9 Å². The predicted octanol–water partition coefficient (Wildman–Crippen LogP) is 5.80. The minimum Gasteiger partial charge on any atom is -0.423 e.